The summed E-state index contributed by atoms with van der Waals surface area (Å²) in [5.74, 6) is 3.26. The number of fused-ring (bicyclic) bond motifs is 5. The van der Waals surface area contributed by atoms with Gasteiger partial charge in [0.1, 0.15) is 0 Å². The Morgan fingerprint density at radius 1 is 1.06 bits per heavy atom. The van der Waals surface area contributed by atoms with Crippen LogP contribution < -0.4 is 0 Å². The third kappa shape index (κ3) is 3.91. The predicted molar refractivity (Wildman–Crippen MR) is 140 cm³/mol. The molecule has 7 atom stereocenters. The van der Waals surface area contributed by atoms with E-state index in [0.29, 0.717) is 22.0 Å². The van der Waals surface area contributed by atoms with Crippen molar-refractivity contribution in [1.29, 1.82) is 0 Å². The molecule has 0 radical (unpaired) electrons. The minimum Gasteiger partial charge on any atom is -0.414 e. The molecule has 0 N–H and O–H groups in total. The standard InChI is InChI=1S/C28H47BrOSi/c1-19(18-29)23-11-12-24-22-10-9-20-17-21(30-31(7,8)26(2,3)4)13-15-27(20,5)25(22)14-16-28(23,24)6/h9-10,19,21,23-25H,11-18H2,1-8H3/t19-,21-,23+,24-,25-,27-,28+/m0/s1. The maximum Gasteiger partial charge on any atom is 0.192 e. The lowest BCUT2D eigenvalue weighted by Crippen LogP contribution is -2.49. The zero-order valence-corrected chi connectivity index (χ0v) is 24.1. The molecule has 0 spiro atoms. The zero-order valence-electron chi connectivity index (χ0n) is 21.5. The second-order valence-corrected chi connectivity index (χ2v) is 18.9. The molecule has 31 heavy (non-hydrogen) atoms. The summed E-state index contributed by atoms with van der Waals surface area (Å²) in [6.07, 6.45) is 15.0. The third-order valence-electron chi connectivity index (χ3n) is 10.8. The monoisotopic (exact) mass is 506 g/mol. The van der Waals surface area contributed by atoms with E-state index in [1.807, 2.05) is 5.57 Å². The summed E-state index contributed by atoms with van der Waals surface area (Å²) >= 11 is 3.79. The highest BCUT2D eigenvalue weighted by molar-refractivity contribution is 9.09. The Bertz CT molecular complexity index is 761. The van der Waals surface area contributed by atoms with Crippen LogP contribution in [0.15, 0.2) is 23.3 Å². The molecule has 0 heterocycles. The summed E-state index contributed by atoms with van der Waals surface area (Å²) in [4.78, 5) is 0. The molecule has 0 aromatic rings. The average molecular weight is 508 g/mol. The van der Waals surface area contributed by atoms with Crippen molar-refractivity contribution in [3.05, 3.63) is 23.3 Å². The molecule has 1 nitrogen and oxygen atoms in total. The SMILES string of the molecule is C[C@@H](CBr)[C@H]1CC[C@H]2C3=CC=C4C[C@@H](O[Si](C)(C)C(C)(C)C)CC[C@]4(C)[C@H]3CC[C@]12C. The fourth-order valence-electron chi connectivity index (χ4n) is 7.75. The number of hydrogen-bond donors (Lipinski definition) is 0. The van der Waals surface area contributed by atoms with Gasteiger partial charge in [0.2, 0.25) is 0 Å². The Labute approximate surface area is 202 Å². The van der Waals surface area contributed by atoms with E-state index in [4.69, 9.17) is 4.43 Å². The molecule has 4 rings (SSSR count). The smallest absolute Gasteiger partial charge is 0.192 e. The van der Waals surface area contributed by atoms with Crippen LogP contribution in [0.5, 0.6) is 0 Å². The van der Waals surface area contributed by atoms with Crippen molar-refractivity contribution < 1.29 is 4.43 Å². The number of halogens is 1. The van der Waals surface area contributed by atoms with Crippen LogP contribution in [0.25, 0.3) is 0 Å². The van der Waals surface area contributed by atoms with Crippen LogP contribution >= 0.6 is 15.9 Å². The molecule has 3 saturated carbocycles. The second kappa shape index (κ2) is 8.12. The highest BCUT2D eigenvalue weighted by atomic mass is 79.9. The minimum atomic E-state index is -1.70. The van der Waals surface area contributed by atoms with Gasteiger partial charge in [0.15, 0.2) is 8.32 Å². The summed E-state index contributed by atoms with van der Waals surface area (Å²) in [5, 5.41) is 1.45. The van der Waals surface area contributed by atoms with Crippen molar-refractivity contribution in [2.75, 3.05) is 5.33 Å². The highest BCUT2D eigenvalue weighted by Crippen LogP contribution is 2.66. The molecule has 176 valence electrons. The van der Waals surface area contributed by atoms with Gasteiger partial charge < -0.3 is 4.43 Å². The molecule has 4 aliphatic rings. The van der Waals surface area contributed by atoms with E-state index >= 15 is 0 Å². The quantitative estimate of drug-likeness (QED) is 0.273. The Hall–Kier alpha value is 0.137. The van der Waals surface area contributed by atoms with Crippen LogP contribution in [0.1, 0.15) is 86.5 Å². The van der Waals surface area contributed by atoms with E-state index in [9.17, 15) is 0 Å². The fraction of sp³-hybridized carbons (Fsp3) is 0.857. The van der Waals surface area contributed by atoms with E-state index in [1.54, 1.807) is 5.57 Å². The van der Waals surface area contributed by atoms with Gasteiger partial charge in [0.05, 0.1) is 0 Å². The summed E-state index contributed by atoms with van der Waals surface area (Å²) in [7, 11) is -1.70. The molecule has 3 heteroatoms. The molecule has 0 bridgehead atoms. The molecular formula is C28H47BrOSi. The Kier molecular flexibility index (Phi) is 6.36. The van der Waals surface area contributed by atoms with Crippen LogP contribution in [-0.4, -0.2) is 19.8 Å². The molecule has 0 unspecified atom stereocenters. The predicted octanol–water partition coefficient (Wildman–Crippen LogP) is 8.91. The first-order chi connectivity index (χ1) is 14.3. The minimum absolute atomic E-state index is 0.293. The zero-order chi connectivity index (χ0) is 22.8. The molecule has 3 fully saturated rings. The van der Waals surface area contributed by atoms with Crippen molar-refractivity contribution in [2.24, 2.45) is 34.5 Å². The molecule has 0 amide bonds. The van der Waals surface area contributed by atoms with Crippen molar-refractivity contribution in [1.82, 2.24) is 0 Å². The number of rotatable bonds is 4. The van der Waals surface area contributed by atoms with Crippen molar-refractivity contribution in [2.45, 2.75) is 111 Å². The van der Waals surface area contributed by atoms with E-state index in [-0.39, 0.29) is 0 Å². The lowest BCUT2D eigenvalue weighted by atomic mass is 9.50. The Morgan fingerprint density at radius 2 is 1.77 bits per heavy atom. The first kappa shape index (κ1) is 24.3. The van der Waals surface area contributed by atoms with Crippen LogP contribution in [0.3, 0.4) is 0 Å². The van der Waals surface area contributed by atoms with Crippen LogP contribution in [0, 0.1) is 34.5 Å². The maximum absolute atomic E-state index is 6.88. The van der Waals surface area contributed by atoms with Crippen molar-refractivity contribution in [3.8, 4) is 0 Å². The van der Waals surface area contributed by atoms with E-state index in [2.05, 4.69) is 82.7 Å². The van der Waals surface area contributed by atoms with Crippen molar-refractivity contribution >= 4 is 24.2 Å². The van der Waals surface area contributed by atoms with Crippen molar-refractivity contribution in [3.63, 3.8) is 0 Å². The van der Waals surface area contributed by atoms with Gasteiger partial charge in [-0.15, -0.1) is 0 Å². The van der Waals surface area contributed by atoms with Gasteiger partial charge >= 0.3 is 0 Å². The fourth-order valence-corrected chi connectivity index (χ4v) is 9.59. The first-order valence-corrected chi connectivity index (χ1v) is 17.0. The topological polar surface area (TPSA) is 9.23 Å². The third-order valence-corrected chi connectivity index (χ3v) is 16.4. The van der Waals surface area contributed by atoms with Crippen LogP contribution in [0.2, 0.25) is 18.1 Å². The van der Waals surface area contributed by atoms with Gasteiger partial charge in [-0.05, 0) is 97.6 Å². The van der Waals surface area contributed by atoms with Gasteiger partial charge in [-0.25, -0.2) is 0 Å². The molecule has 0 aromatic carbocycles. The molecular weight excluding hydrogens is 460 g/mol. The van der Waals surface area contributed by atoms with Crippen LogP contribution in [0.4, 0.5) is 0 Å². The summed E-state index contributed by atoms with van der Waals surface area (Å²) in [6, 6.07) is 0. The molecule has 0 aliphatic heterocycles. The average Bonchev–Trinajstić information content (AvgIpc) is 3.04. The number of hydrogen-bond acceptors (Lipinski definition) is 1. The normalized spacial score (nSPS) is 41.6. The van der Waals surface area contributed by atoms with Gasteiger partial charge in [-0.2, -0.15) is 0 Å². The lowest BCUT2D eigenvalue weighted by Gasteiger charge is -2.56. The second-order valence-electron chi connectivity index (χ2n) is 13.5. The van der Waals surface area contributed by atoms with Gasteiger partial charge in [0, 0.05) is 11.4 Å². The van der Waals surface area contributed by atoms with Gasteiger partial charge in [-0.3, -0.25) is 0 Å². The summed E-state index contributed by atoms with van der Waals surface area (Å²) in [5.41, 5.74) is 4.41. The Balaban J connectivity index is 1.57. The summed E-state index contributed by atoms with van der Waals surface area (Å²) in [6.45, 7) is 19.6. The van der Waals surface area contributed by atoms with E-state index in [0.717, 1.165) is 35.4 Å². The number of allylic oxidation sites excluding steroid dienone is 3. The first-order valence-electron chi connectivity index (χ1n) is 13.0. The van der Waals surface area contributed by atoms with Gasteiger partial charge in [0.25, 0.3) is 0 Å². The van der Waals surface area contributed by atoms with Gasteiger partial charge in [-0.1, -0.05) is 80.8 Å². The summed E-state index contributed by atoms with van der Waals surface area (Å²) < 4.78 is 6.88. The molecule has 0 aromatic heterocycles. The molecule has 4 aliphatic carbocycles. The number of alkyl halides is 1. The maximum atomic E-state index is 6.88. The lowest BCUT2D eigenvalue weighted by molar-refractivity contribution is 0.0384. The molecule has 0 saturated heterocycles. The Morgan fingerprint density at radius 3 is 2.42 bits per heavy atom. The highest BCUT2D eigenvalue weighted by Gasteiger charge is 2.57. The van der Waals surface area contributed by atoms with Crippen LogP contribution in [-0.2, 0) is 4.43 Å². The largest absolute Gasteiger partial charge is 0.414 e. The van der Waals surface area contributed by atoms with E-state index in [1.165, 1.54) is 38.5 Å². The van der Waals surface area contributed by atoms with E-state index < -0.39 is 8.32 Å².